The van der Waals surface area contributed by atoms with Gasteiger partial charge in [0.1, 0.15) is 5.15 Å². The van der Waals surface area contributed by atoms with E-state index < -0.39 is 0 Å². The second-order valence-corrected chi connectivity index (χ2v) is 4.40. The van der Waals surface area contributed by atoms with Crippen LogP contribution in [-0.4, -0.2) is 36.6 Å². The predicted molar refractivity (Wildman–Crippen MR) is 62.2 cm³/mol. The molecular weight excluding hydrogens is 210 g/mol. The number of nitrogens with zero attached hydrogens (tertiary/aromatic N) is 2. The smallest absolute Gasteiger partial charge is 0.129 e. The van der Waals surface area contributed by atoms with E-state index in [9.17, 15) is 0 Å². The Morgan fingerprint density at radius 2 is 2.33 bits per heavy atom. The number of hydrogen-bond donors (Lipinski definition) is 1. The van der Waals surface area contributed by atoms with Crippen molar-refractivity contribution in [3.63, 3.8) is 0 Å². The van der Waals surface area contributed by atoms with Gasteiger partial charge in [0.05, 0.1) is 0 Å². The molecule has 0 radical (unpaired) electrons. The Labute approximate surface area is 95.4 Å². The highest BCUT2D eigenvalue weighted by Gasteiger charge is 2.22. The van der Waals surface area contributed by atoms with Crippen LogP contribution in [-0.2, 0) is 0 Å². The molecule has 1 atom stereocenters. The average Bonchev–Trinajstić information content (AvgIpc) is 2.20. The summed E-state index contributed by atoms with van der Waals surface area (Å²) in [4.78, 5) is 6.65. The van der Waals surface area contributed by atoms with Gasteiger partial charge in [0.2, 0.25) is 0 Å². The molecule has 1 aliphatic heterocycles. The van der Waals surface area contributed by atoms with Gasteiger partial charge in [-0.15, -0.1) is 0 Å². The summed E-state index contributed by atoms with van der Waals surface area (Å²) >= 11 is 5.85. The summed E-state index contributed by atoms with van der Waals surface area (Å²) in [5, 5.41) is 3.98. The van der Waals surface area contributed by atoms with Crippen molar-refractivity contribution in [2.24, 2.45) is 0 Å². The van der Waals surface area contributed by atoms with E-state index in [1.54, 1.807) is 0 Å². The number of pyridine rings is 1. The highest BCUT2D eigenvalue weighted by Crippen LogP contribution is 2.23. The Morgan fingerprint density at radius 3 is 3.00 bits per heavy atom. The molecule has 1 saturated heterocycles. The molecule has 0 aliphatic carbocycles. The SMILES string of the molecule is Cc1nc(Cl)ccc1C1CNCCN1C. The molecule has 3 nitrogen and oxygen atoms in total. The molecule has 82 valence electrons. The molecule has 4 heteroatoms. The van der Waals surface area contributed by atoms with Gasteiger partial charge in [-0.2, -0.15) is 0 Å². The number of piperazine rings is 1. The Balaban J connectivity index is 2.27. The molecule has 0 spiro atoms. The number of aromatic nitrogens is 1. The molecular formula is C11H16ClN3. The van der Waals surface area contributed by atoms with Gasteiger partial charge >= 0.3 is 0 Å². The minimum absolute atomic E-state index is 0.420. The molecule has 1 N–H and O–H groups in total. The Hall–Kier alpha value is -0.640. The normalized spacial score (nSPS) is 23.0. The largest absolute Gasteiger partial charge is 0.314 e. The molecule has 1 unspecified atom stereocenters. The summed E-state index contributed by atoms with van der Waals surface area (Å²) in [7, 11) is 2.15. The maximum Gasteiger partial charge on any atom is 0.129 e. The number of likely N-dealkylation sites (N-methyl/N-ethyl adjacent to an activating group) is 1. The van der Waals surface area contributed by atoms with E-state index in [4.69, 9.17) is 11.6 Å². The number of halogens is 1. The molecule has 1 aliphatic rings. The van der Waals surface area contributed by atoms with Gasteiger partial charge in [-0.1, -0.05) is 17.7 Å². The van der Waals surface area contributed by atoms with E-state index in [1.165, 1.54) is 5.56 Å². The van der Waals surface area contributed by atoms with E-state index in [0.717, 1.165) is 25.3 Å². The van der Waals surface area contributed by atoms with Crippen molar-refractivity contribution < 1.29 is 0 Å². The van der Waals surface area contributed by atoms with Gasteiger partial charge in [-0.05, 0) is 25.6 Å². The third-order valence-electron chi connectivity index (χ3n) is 2.96. The first-order valence-electron chi connectivity index (χ1n) is 5.22. The van der Waals surface area contributed by atoms with Crippen LogP contribution >= 0.6 is 11.6 Å². The first-order valence-corrected chi connectivity index (χ1v) is 5.60. The summed E-state index contributed by atoms with van der Waals surface area (Å²) in [6.07, 6.45) is 0. The molecule has 2 rings (SSSR count). The van der Waals surface area contributed by atoms with Crippen molar-refractivity contribution in [2.45, 2.75) is 13.0 Å². The minimum Gasteiger partial charge on any atom is -0.314 e. The Morgan fingerprint density at radius 1 is 1.53 bits per heavy atom. The van der Waals surface area contributed by atoms with Crippen LogP contribution in [0, 0.1) is 6.92 Å². The molecule has 0 amide bonds. The van der Waals surface area contributed by atoms with Gasteiger partial charge < -0.3 is 5.32 Å². The second kappa shape index (κ2) is 4.47. The molecule has 0 aromatic carbocycles. The van der Waals surface area contributed by atoms with E-state index in [0.29, 0.717) is 11.2 Å². The number of rotatable bonds is 1. The quantitative estimate of drug-likeness (QED) is 0.737. The van der Waals surface area contributed by atoms with Crippen LogP contribution < -0.4 is 5.32 Å². The van der Waals surface area contributed by atoms with E-state index >= 15 is 0 Å². The van der Waals surface area contributed by atoms with Crippen LogP contribution in [0.15, 0.2) is 12.1 Å². The Bertz CT molecular complexity index is 354. The van der Waals surface area contributed by atoms with Crippen molar-refractivity contribution in [1.29, 1.82) is 0 Å². The minimum atomic E-state index is 0.420. The zero-order chi connectivity index (χ0) is 10.8. The second-order valence-electron chi connectivity index (χ2n) is 4.01. The predicted octanol–water partition coefficient (Wildman–Crippen LogP) is 1.62. The average molecular weight is 226 g/mol. The molecule has 15 heavy (non-hydrogen) atoms. The van der Waals surface area contributed by atoms with Crippen LogP contribution in [0.5, 0.6) is 0 Å². The third kappa shape index (κ3) is 2.30. The molecule has 1 aromatic heterocycles. The summed E-state index contributed by atoms with van der Waals surface area (Å²) in [6.45, 7) is 5.14. The van der Waals surface area contributed by atoms with Crippen LogP contribution in [0.1, 0.15) is 17.3 Å². The van der Waals surface area contributed by atoms with Gasteiger partial charge in [-0.3, -0.25) is 4.90 Å². The molecule has 1 fully saturated rings. The first kappa shape index (κ1) is 10.9. The van der Waals surface area contributed by atoms with Crippen molar-refractivity contribution >= 4 is 11.6 Å². The maximum absolute atomic E-state index is 5.85. The molecule has 1 aromatic rings. The van der Waals surface area contributed by atoms with E-state index in [1.807, 2.05) is 13.0 Å². The zero-order valence-corrected chi connectivity index (χ0v) is 9.88. The van der Waals surface area contributed by atoms with Gasteiger partial charge in [0.15, 0.2) is 0 Å². The summed E-state index contributed by atoms with van der Waals surface area (Å²) in [6, 6.07) is 4.37. The van der Waals surface area contributed by atoms with Crippen molar-refractivity contribution in [2.75, 3.05) is 26.7 Å². The summed E-state index contributed by atoms with van der Waals surface area (Å²) in [5.74, 6) is 0. The van der Waals surface area contributed by atoms with Crippen LogP contribution in [0.4, 0.5) is 0 Å². The standard InChI is InChI=1S/C11H16ClN3/c1-8-9(3-4-11(12)14-8)10-7-13-5-6-15(10)2/h3-4,10,13H,5-7H2,1-2H3. The van der Waals surface area contributed by atoms with Gasteiger partial charge in [0, 0.05) is 31.4 Å². The fourth-order valence-electron chi connectivity index (χ4n) is 2.05. The third-order valence-corrected chi connectivity index (χ3v) is 3.17. The lowest BCUT2D eigenvalue weighted by Gasteiger charge is -2.33. The lowest BCUT2D eigenvalue weighted by atomic mass is 10.0. The van der Waals surface area contributed by atoms with E-state index in [2.05, 4.69) is 28.3 Å². The van der Waals surface area contributed by atoms with Gasteiger partial charge in [0.25, 0.3) is 0 Å². The molecule has 0 bridgehead atoms. The maximum atomic E-state index is 5.85. The van der Waals surface area contributed by atoms with Crippen molar-refractivity contribution in [3.05, 3.63) is 28.5 Å². The summed E-state index contributed by atoms with van der Waals surface area (Å²) < 4.78 is 0. The highest BCUT2D eigenvalue weighted by molar-refractivity contribution is 6.29. The van der Waals surface area contributed by atoms with E-state index in [-0.39, 0.29) is 0 Å². The van der Waals surface area contributed by atoms with Crippen molar-refractivity contribution in [3.8, 4) is 0 Å². The molecule has 2 heterocycles. The lowest BCUT2D eigenvalue weighted by molar-refractivity contribution is 0.201. The first-order chi connectivity index (χ1) is 7.18. The fraction of sp³-hybridized carbons (Fsp3) is 0.545. The van der Waals surface area contributed by atoms with Crippen molar-refractivity contribution in [1.82, 2.24) is 15.2 Å². The van der Waals surface area contributed by atoms with Crippen LogP contribution in [0.3, 0.4) is 0 Å². The van der Waals surface area contributed by atoms with Gasteiger partial charge in [-0.25, -0.2) is 4.98 Å². The zero-order valence-electron chi connectivity index (χ0n) is 9.13. The number of aryl methyl sites for hydroxylation is 1. The van der Waals surface area contributed by atoms with Crippen LogP contribution in [0.25, 0.3) is 0 Å². The Kier molecular flexibility index (Phi) is 3.24. The molecule has 0 saturated carbocycles. The fourth-order valence-corrected chi connectivity index (χ4v) is 2.24. The topological polar surface area (TPSA) is 28.2 Å². The lowest BCUT2D eigenvalue weighted by Crippen LogP contribution is -2.44. The summed E-state index contributed by atoms with van der Waals surface area (Å²) in [5.41, 5.74) is 2.30. The van der Waals surface area contributed by atoms with Crippen LogP contribution in [0.2, 0.25) is 5.15 Å². The highest BCUT2D eigenvalue weighted by atomic mass is 35.5. The number of nitrogens with one attached hydrogen (secondary N) is 1. The number of hydrogen-bond acceptors (Lipinski definition) is 3. The monoisotopic (exact) mass is 225 g/mol.